The van der Waals surface area contributed by atoms with Crippen LogP contribution in [0.1, 0.15) is 17.2 Å². The Labute approximate surface area is 143 Å². The predicted molar refractivity (Wildman–Crippen MR) is 94.3 cm³/mol. The first-order valence-corrected chi connectivity index (χ1v) is 8.44. The molecule has 126 valence electrons. The maximum atomic E-state index is 12.8. The van der Waals surface area contributed by atoms with Crippen LogP contribution >= 0.6 is 0 Å². The van der Waals surface area contributed by atoms with Crippen LogP contribution < -0.4 is 5.73 Å². The third-order valence-electron chi connectivity index (χ3n) is 4.53. The van der Waals surface area contributed by atoms with Gasteiger partial charge >= 0.3 is 0 Å². The molecule has 0 saturated carbocycles. The summed E-state index contributed by atoms with van der Waals surface area (Å²) >= 11 is 0. The van der Waals surface area contributed by atoms with Gasteiger partial charge in [0.15, 0.2) is 0 Å². The Kier molecular flexibility index (Phi) is 5.56. The van der Waals surface area contributed by atoms with Crippen LogP contribution in [0.5, 0.6) is 0 Å². The second-order valence-corrected chi connectivity index (χ2v) is 6.12. The van der Waals surface area contributed by atoms with Crippen LogP contribution in [0.15, 0.2) is 54.7 Å². The molecule has 5 nitrogen and oxygen atoms in total. The van der Waals surface area contributed by atoms with Gasteiger partial charge in [-0.1, -0.05) is 36.4 Å². The van der Waals surface area contributed by atoms with Gasteiger partial charge in [-0.25, -0.2) is 0 Å². The highest BCUT2D eigenvalue weighted by molar-refractivity contribution is 5.84. The van der Waals surface area contributed by atoms with E-state index < -0.39 is 0 Å². The Morgan fingerprint density at radius 3 is 2.38 bits per heavy atom. The quantitative estimate of drug-likeness (QED) is 0.905. The molecule has 1 fully saturated rings. The van der Waals surface area contributed by atoms with Gasteiger partial charge in [-0.2, -0.15) is 0 Å². The molecule has 1 aromatic carbocycles. The minimum Gasteiger partial charge on any atom is -0.340 e. The normalized spacial score (nSPS) is 16.8. The molecule has 0 bridgehead atoms. The summed E-state index contributed by atoms with van der Waals surface area (Å²) in [6.07, 6.45) is 1.82. The van der Waals surface area contributed by atoms with Crippen LogP contribution in [-0.4, -0.2) is 53.4 Å². The van der Waals surface area contributed by atoms with Gasteiger partial charge in [-0.15, -0.1) is 0 Å². The number of rotatable bonds is 5. The lowest BCUT2D eigenvalue weighted by atomic mass is 9.97. The molecule has 1 amide bonds. The smallest absolute Gasteiger partial charge is 0.231 e. The number of aromatic nitrogens is 1. The van der Waals surface area contributed by atoms with Crippen molar-refractivity contribution in [3.8, 4) is 0 Å². The van der Waals surface area contributed by atoms with Crippen LogP contribution in [0.25, 0.3) is 0 Å². The van der Waals surface area contributed by atoms with E-state index in [1.54, 1.807) is 0 Å². The number of benzene rings is 1. The fraction of sp³-hybridized carbons (Fsp3) is 0.368. The van der Waals surface area contributed by atoms with Crippen molar-refractivity contribution in [3.63, 3.8) is 0 Å². The highest BCUT2D eigenvalue weighted by Gasteiger charge is 2.27. The zero-order chi connectivity index (χ0) is 16.8. The van der Waals surface area contributed by atoms with E-state index >= 15 is 0 Å². The standard InChI is InChI=1S/C19H24N4O/c20-14-18(16-6-2-1-3-7-16)19(24)23-12-10-22(11-13-23)15-17-8-4-5-9-21-17/h1-9,18H,10-15,20H2. The average molecular weight is 324 g/mol. The Morgan fingerprint density at radius 1 is 1.04 bits per heavy atom. The molecule has 1 aromatic heterocycles. The second kappa shape index (κ2) is 8.04. The number of nitrogens with zero attached hydrogens (tertiary/aromatic N) is 3. The largest absolute Gasteiger partial charge is 0.340 e. The number of hydrogen-bond donors (Lipinski definition) is 1. The predicted octanol–water partition coefficient (Wildman–Crippen LogP) is 1.47. The van der Waals surface area contributed by atoms with Gasteiger partial charge in [0, 0.05) is 45.5 Å². The summed E-state index contributed by atoms with van der Waals surface area (Å²) in [4.78, 5) is 21.5. The van der Waals surface area contributed by atoms with Crippen molar-refractivity contribution in [1.82, 2.24) is 14.8 Å². The zero-order valence-electron chi connectivity index (χ0n) is 13.8. The Hall–Kier alpha value is -2.24. The molecule has 0 spiro atoms. The van der Waals surface area contributed by atoms with Gasteiger partial charge < -0.3 is 10.6 Å². The fourth-order valence-electron chi connectivity index (χ4n) is 3.13. The number of amides is 1. The van der Waals surface area contributed by atoms with E-state index in [0.717, 1.165) is 44.0 Å². The van der Waals surface area contributed by atoms with Gasteiger partial charge in [0.05, 0.1) is 11.6 Å². The van der Waals surface area contributed by atoms with Gasteiger partial charge in [0.2, 0.25) is 5.91 Å². The summed E-state index contributed by atoms with van der Waals surface area (Å²) in [6.45, 7) is 4.41. The summed E-state index contributed by atoms with van der Waals surface area (Å²) in [7, 11) is 0. The molecule has 3 rings (SSSR count). The van der Waals surface area contributed by atoms with Gasteiger partial charge in [0.1, 0.15) is 0 Å². The number of hydrogen-bond acceptors (Lipinski definition) is 4. The van der Waals surface area contributed by atoms with E-state index in [2.05, 4.69) is 9.88 Å². The highest BCUT2D eigenvalue weighted by Crippen LogP contribution is 2.18. The molecule has 2 aromatic rings. The van der Waals surface area contributed by atoms with Crippen molar-refractivity contribution in [2.75, 3.05) is 32.7 Å². The summed E-state index contributed by atoms with van der Waals surface area (Å²) < 4.78 is 0. The first-order valence-electron chi connectivity index (χ1n) is 8.44. The molecule has 1 unspecified atom stereocenters. The highest BCUT2D eigenvalue weighted by atomic mass is 16.2. The lowest BCUT2D eigenvalue weighted by molar-refractivity contribution is -0.134. The SMILES string of the molecule is NCC(C(=O)N1CCN(Cc2ccccn2)CC1)c1ccccc1. The van der Waals surface area contributed by atoms with Crippen molar-refractivity contribution >= 4 is 5.91 Å². The van der Waals surface area contributed by atoms with Crippen LogP contribution in [0.3, 0.4) is 0 Å². The summed E-state index contributed by atoms with van der Waals surface area (Å²) in [5.41, 5.74) is 7.95. The van der Waals surface area contributed by atoms with E-state index in [-0.39, 0.29) is 11.8 Å². The Bertz CT molecular complexity index is 639. The monoisotopic (exact) mass is 324 g/mol. The number of piperazine rings is 1. The molecular formula is C19H24N4O. The third kappa shape index (κ3) is 3.99. The molecule has 0 aliphatic carbocycles. The summed E-state index contributed by atoms with van der Waals surface area (Å²) in [6, 6.07) is 15.8. The van der Waals surface area contributed by atoms with Gasteiger partial charge in [-0.05, 0) is 17.7 Å². The number of carbonyl (C=O) groups excluding carboxylic acids is 1. The second-order valence-electron chi connectivity index (χ2n) is 6.12. The average Bonchev–Trinajstić information content (AvgIpc) is 2.65. The molecular weight excluding hydrogens is 300 g/mol. The minimum absolute atomic E-state index is 0.140. The summed E-state index contributed by atoms with van der Waals surface area (Å²) in [5, 5.41) is 0. The van der Waals surface area contributed by atoms with Crippen molar-refractivity contribution in [2.24, 2.45) is 5.73 Å². The molecule has 24 heavy (non-hydrogen) atoms. The van der Waals surface area contributed by atoms with Crippen molar-refractivity contribution < 1.29 is 4.79 Å². The van der Waals surface area contributed by atoms with Gasteiger partial charge in [0.25, 0.3) is 0 Å². The van der Waals surface area contributed by atoms with Crippen molar-refractivity contribution in [2.45, 2.75) is 12.5 Å². The van der Waals surface area contributed by atoms with Crippen LogP contribution in [0.2, 0.25) is 0 Å². The van der Waals surface area contributed by atoms with E-state index in [1.165, 1.54) is 0 Å². The molecule has 1 atom stereocenters. The Balaban J connectivity index is 1.56. The van der Waals surface area contributed by atoms with E-state index in [0.29, 0.717) is 6.54 Å². The topological polar surface area (TPSA) is 62.5 Å². The van der Waals surface area contributed by atoms with Crippen molar-refractivity contribution in [3.05, 3.63) is 66.0 Å². The molecule has 1 aliphatic heterocycles. The van der Waals surface area contributed by atoms with Crippen molar-refractivity contribution in [1.29, 1.82) is 0 Å². The van der Waals surface area contributed by atoms with Crippen LogP contribution in [-0.2, 0) is 11.3 Å². The lowest BCUT2D eigenvalue weighted by Crippen LogP contribution is -2.50. The molecule has 1 saturated heterocycles. The number of pyridine rings is 1. The van der Waals surface area contributed by atoms with Crippen LogP contribution in [0, 0.1) is 0 Å². The molecule has 1 aliphatic rings. The van der Waals surface area contributed by atoms with E-state index in [4.69, 9.17) is 5.73 Å². The lowest BCUT2D eigenvalue weighted by Gasteiger charge is -2.36. The van der Waals surface area contributed by atoms with Gasteiger partial charge in [-0.3, -0.25) is 14.7 Å². The third-order valence-corrected chi connectivity index (χ3v) is 4.53. The summed E-state index contributed by atoms with van der Waals surface area (Å²) in [5.74, 6) is -0.102. The molecule has 0 radical (unpaired) electrons. The molecule has 2 heterocycles. The maximum Gasteiger partial charge on any atom is 0.231 e. The first kappa shape index (κ1) is 16.6. The van der Waals surface area contributed by atoms with E-state index in [1.807, 2.05) is 59.6 Å². The molecule has 5 heteroatoms. The Morgan fingerprint density at radius 2 is 1.75 bits per heavy atom. The van der Waals surface area contributed by atoms with Crippen LogP contribution in [0.4, 0.5) is 0 Å². The first-order chi connectivity index (χ1) is 11.8. The number of carbonyl (C=O) groups is 1. The van der Waals surface area contributed by atoms with E-state index in [9.17, 15) is 4.79 Å². The molecule has 2 N–H and O–H groups in total. The fourth-order valence-corrected chi connectivity index (χ4v) is 3.13. The maximum absolute atomic E-state index is 12.8. The minimum atomic E-state index is -0.242. The zero-order valence-corrected chi connectivity index (χ0v) is 13.8. The number of nitrogens with two attached hydrogens (primary N) is 1.